The molecule has 1 heterocycles. The molecular formula is C22H25NO3. The van der Waals surface area contributed by atoms with Crippen LogP contribution in [-0.2, 0) is 4.79 Å². The molecule has 136 valence electrons. The predicted octanol–water partition coefficient (Wildman–Crippen LogP) is 5.14. The Morgan fingerprint density at radius 3 is 2.19 bits per heavy atom. The molecule has 2 aromatic carbocycles. The van der Waals surface area contributed by atoms with E-state index in [1.165, 1.54) is 0 Å². The third-order valence-corrected chi connectivity index (χ3v) is 4.71. The number of phenols is 1. The van der Waals surface area contributed by atoms with E-state index in [1.807, 2.05) is 6.08 Å². The Hall–Kier alpha value is -2.75. The highest BCUT2D eigenvalue weighted by Crippen LogP contribution is 2.39. The summed E-state index contributed by atoms with van der Waals surface area (Å²) >= 11 is 0. The molecule has 1 aliphatic rings. The van der Waals surface area contributed by atoms with E-state index in [0.29, 0.717) is 23.1 Å². The summed E-state index contributed by atoms with van der Waals surface area (Å²) in [4.78, 5) is 12.4. The quantitative estimate of drug-likeness (QED) is 0.750. The van der Waals surface area contributed by atoms with E-state index in [0.717, 1.165) is 28.0 Å². The molecule has 0 aliphatic carbocycles. The van der Waals surface area contributed by atoms with E-state index in [-0.39, 0.29) is 11.7 Å². The van der Waals surface area contributed by atoms with Gasteiger partial charge in [-0.05, 0) is 58.9 Å². The number of nitrogens with one attached hydrogen (secondary N) is 1. The second-order valence-electron chi connectivity index (χ2n) is 7.28. The Balaban J connectivity index is 2.16. The maximum Gasteiger partial charge on any atom is 0.256 e. The van der Waals surface area contributed by atoms with Crippen LogP contribution >= 0.6 is 0 Å². The summed E-state index contributed by atoms with van der Waals surface area (Å²) in [5.41, 5.74) is 5.30. The van der Waals surface area contributed by atoms with E-state index in [1.54, 1.807) is 25.3 Å². The second-order valence-corrected chi connectivity index (χ2v) is 7.28. The first-order valence-electron chi connectivity index (χ1n) is 8.90. The van der Waals surface area contributed by atoms with Crippen molar-refractivity contribution in [3.05, 3.63) is 52.6 Å². The van der Waals surface area contributed by atoms with Crippen LogP contribution in [-0.4, -0.2) is 18.1 Å². The zero-order chi connectivity index (χ0) is 19.0. The number of carbonyl (C=O) groups excluding carboxylic acids is 1. The molecule has 0 saturated carbocycles. The highest BCUT2D eigenvalue weighted by atomic mass is 16.5. The topological polar surface area (TPSA) is 58.6 Å². The van der Waals surface area contributed by atoms with E-state index in [4.69, 9.17) is 4.74 Å². The van der Waals surface area contributed by atoms with Crippen molar-refractivity contribution < 1.29 is 14.6 Å². The number of aromatic hydroxyl groups is 1. The first-order valence-corrected chi connectivity index (χ1v) is 8.90. The Morgan fingerprint density at radius 2 is 1.65 bits per heavy atom. The molecule has 0 bridgehead atoms. The van der Waals surface area contributed by atoms with Gasteiger partial charge < -0.3 is 15.2 Å². The summed E-state index contributed by atoms with van der Waals surface area (Å²) in [5.74, 6) is 1.53. The van der Waals surface area contributed by atoms with Crippen LogP contribution < -0.4 is 10.1 Å². The third kappa shape index (κ3) is 3.19. The van der Waals surface area contributed by atoms with Crippen molar-refractivity contribution in [2.75, 3.05) is 12.4 Å². The number of anilines is 1. The van der Waals surface area contributed by atoms with Crippen LogP contribution in [0.5, 0.6) is 11.5 Å². The van der Waals surface area contributed by atoms with Gasteiger partial charge in [0.15, 0.2) is 0 Å². The molecule has 0 radical (unpaired) electrons. The van der Waals surface area contributed by atoms with Gasteiger partial charge in [-0.3, -0.25) is 4.79 Å². The molecule has 2 N–H and O–H groups in total. The Kier molecular flexibility index (Phi) is 4.77. The standard InChI is InChI=1S/C22H25NO3/c1-12(2)17-8-14(9-18(13(3)4)21(17)26-5)10-19-16-7-6-15(24)11-20(16)23-22(19)25/h6-13,24H,1-5H3,(H,23,25). The average molecular weight is 351 g/mol. The summed E-state index contributed by atoms with van der Waals surface area (Å²) in [5, 5.41) is 12.4. The minimum absolute atomic E-state index is 0.138. The molecule has 26 heavy (non-hydrogen) atoms. The van der Waals surface area contributed by atoms with Gasteiger partial charge in [0.05, 0.1) is 12.8 Å². The molecule has 0 fully saturated rings. The minimum Gasteiger partial charge on any atom is -0.508 e. The lowest BCUT2D eigenvalue weighted by Gasteiger charge is -2.19. The van der Waals surface area contributed by atoms with E-state index in [9.17, 15) is 9.90 Å². The lowest BCUT2D eigenvalue weighted by Crippen LogP contribution is -2.04. The van der Waals surface area contributed by atoms with Crippen LogP contribution in [0.3, 0.4) is 0 Å². The third-order valence-electron chi connectivity index (χ3n) is 4.71. The van der Waals surface area contributed by atoms with Crippen LogP contribution in [0.25, 0.3) is 11.6 Å². The maximum absolute atomic E-state index is 12.4. The molecule has 0 unspecified atom stereocenters. The van der Waals surface area contributed by atoms with Crippen LogP contribution in [0.15, 0.2) is 30.3 Å². The fourth-order valence-electron chi connectivity index (χ4n) is 3.37. The molecule has 1 amide bonds. The van der Waals surface area contributed by atoms with E-state index in [2.05, 4.69) is 45.1 Å². The SMILES string of the molecule is COc1c(C(C)C)cc(C=C2C(=O)Nc3cc(O)ccc32)cc1C(C)C. The number of rotatable bonds is 4. The Bertz CT molecular complexity index is 865. The second kappa shape index (κ2) is 6.87. The normalized spacial score (nSPS) is 14.9. The van der Waals surface area contributed by atoms with Crippen LogP contribution in [0.4, 0.5) is 5.69 Å². The zero-order valence-corrected chi connectivity index (χ0v) is 15.9. The number of amides is 1. The first-order chi connectivity index (χ1) is 12.3. The van der Waals surface area contributed by atoms with Gasteiger partial charge in [-0.15, -0.1) is 0 Å². The molecule has 0 atom stereocenters. The van der Waals surface area contributed by atoms with Crippen molar-refractivity contribution in [3.63, 3.8) is 0 Å². The van der Waals surface area contributed by atoms with Gasteiger partial charge in [-0.1, -0.05) is 27.7 Å². The average Bonchev–Trinajstić information content (AvgIpc) is 2.88. The molecule has 4 heteroatoms. The van der Waals surface area contributed by atoms with Gasteiger partial charge in [-0.2, -0.15) is 0 Å². The number of ether oxygens (including phenoxy) is 1. The molecular weight excluding hydrogens is 326 g/mol. The predicted molar refractivity (Wildman–Crippen MR) is 106 cm³/mol. The molecule has 2 aromatic rings. The highest BCUT2D eigenvalue weighted by molar-refractivity contribution is 6.35. The smallest absolute Gasteiger partial charge is 0.256 e. The van der Waals surface area contributed by atoms with Crippen molar-refractivity contribution >= 4 is 23.2 Å². The number of phenolic OH excluding ortho intramolecular Hbond substituents is 1. The van der Waals surface area contributed by atoms with Crippen LogP contribution in [0.2, 0.25) is 0 Å². The number of hydrogen-bond acceptors (Lipinski definition) is 3. The van der Waals surface area contributed by atoms with Gasteiger partial charge in [0.2, 0.25) is 0 Å². The van der Waals surface area contributed by atoms with Crippen molar-refractivity contribution in [2.45, 2.75) is 39.5 Å². The van der Waals surface area contributed by atoms with Crippen LogP contribution in [0.1, 0.15) is 61.8 Å². The fourth-order valence-corrected chi connectivity index (χ4v) is 3.37. The van der Waals surface area contributed by atoms with Gasteiger partial charge >= 0.3 is 0 Å². The molecule has 0 spiro atoms. The number of methoxy groups -OCH3 is 1. The highest BCUT2D eigenvalue weighted by Gasteiger charge is 2.25. The number of fused-ring (bicyclic) bond motifs is 1. The molecule has 3 rings (SSSR count). The monoisotopic (exact) mass is 351 g/mol. The number of carbonyl (C=O) groups is 1. The Labute approximate surface area is 154 Å². The van der Waals surface area contributed by atoms with Gasteiger partial charge in [0, 0.05) is 17.2 Å². The summed E-state index contributed by atoms with van der Waals surface area (Å²) in [6, 6.07) is 9.12. The Morgan fingerprint density at radius 1 is 1.04 bits per heavy atom. The number of hydrogen-bond donors (Lipinski definition) is 2. The zero-order valence-electron chi connectivity index (χ0n) is 15.9. The lowest BCUT2D eigenvalue weighted by molar-refractivity contribution is -0.110. The fraction of sp³-hybridized carbons (Fsp3) is 0.318. The summed E-state index contributed by atoms with van der Waals surface area (Å²) in [6.07, 6.45) is 1.91. The molecule has 1 aliphatic heterocycles. The van der Waals surface area contributed by atoms with E-state index >= 15 is 0 Å². The summed E-state index contributed by atoms with van der Waals surface area (Å²) in [7, 11) is 1.71. The minimum atomic E-state index is -0.154. The summed E-state index contributed by atoms with van der Waals surface area (Å²) < 4.78 is 5.69. The van der Waals surface area contributed by atoms with Crippen molar-refractivity contribution in [1.29, 1.82) is 0 Å². The molecule has 0 aromatic heterocycles. The van der Waals surface area contributed by atoms with Crippen molar-refractivity contribution in [3.8, 4) is 11.5 Å². The van der Waals surface area contributed by atoms with Gasteiger partial charge in [0.25, 0.3) is 5.91 Å². The van der Waals surface area contributed by atoms with Crippen molar-refractivity contribution in [1.82, 2.24) is 0 Å². The number of benzene rings is 2. The van der Waals surface area contributed by atoms with Crippen LogP contribution in [0, 0.1) is 0 Å². The first kappa shape index (κ1) is 18.1. The largest absolute Gasteiger partial charge is 0.508 e. The molecule has 0 saturated heterocycles. The van der Waals surface area contributed by atoms with E-state index < -0.39 is 0 Å². The van der Waals surface area contributed by atoms with Crippen molar-refractivity contribution in [2.24, 2.45) is 0 Å². The maximum atomic E-state index is 12.4. The van der Waals surface area contributed by atoms with Gasteiger partial charge in [-0.25, -0.2) is 0 Å². The van der Waals surface area contributed by atoms with Gasteiger partial charge in [0.1, 0.15) is 11.5 Å². The summed E-state index contributed by atoms with van der Waals surface area (Å²) in [6.45, 7) is 8.55. The molecule has 4 nitrogen and oxygen atoms in total. The lowest BCUT2D eigenvalue weighted by atomic mass is 9.90.